The highest BCUT2D eigenvalue weighted by Crippen LogP contribution is 2.43. The van der Waals surface area contributed by atoms with E-state index in [-0.39, 0.29) is 38.6 Å². The quantitative estimate of drug-likeness (QED) is 0.0264. The molecule has 448 valence electrons. The average Bonchev–Trinajstić information content (AvgIpc) is 3.42. The minimum absolute atomic E-state index is 0.0550. The molecule has 0 heterocycles. The van der Waals surface area contributed by atoms with Crippen LogP contribution in [0, 0.1) is 0 Å². The van der Waals surface area contributed by atoms with Crippen molar-refractivity contribution in [3.05, 3.63) is 72.9 Å². The maximum absolute atomic E-state index is 12.7. The predicted octanol–water partition coefficient (Wildman–Crippen LogP) is 20.9. The van der Waals surface area contributed by atoms with Crippen molar-refractivity contribution in [2.24, 2.45) is 5.73 Å². The standard InChI is InChI=1S/C67H122NO8P/c1-3-5-7-9-11-13-15-17-19-20-21-22-23-24-25-26-27-28-29-30-31-32-33-34-35-36-37-38-39-40-41-42-43-44-46-48-50-52-54-56-58-60-67(70)76-65(64-75-77(71,72)74-62-61-68)63-73-66(69)59-57-55-53-51-49-47-45-18-16-14-12-10-8-6-4-2/h5,7,11,13,17,19,21-22,24-25,27-28,65H,3-4,6,8-10,12,14-16,18,20,23,26,29-64,68H2,1-2H3,(H,71,72)/b7-5-,13-11-,19-17-,22-21-,25-24-,28-27-. The molecule has 0 aliphatic rings. The summed E-state index contributed by atoms with van der Waals surface area (Å²) in [6.45, 7) is 3.67. The number of ether oxygens (including phenoxy) is 2. The largest absolute Gasteiger partial charge is 0.472 e. The molecule has 77 heavy (non-hydrogen) atoms. The van der Waals surface area contributed by atoms with Gasteiger partial charge < -0.3 is 20.1 Å². The van der Waals surface area contributed by atoms with E-state index in [2.05, 4.69) is 86.8 Å². The van der Waals surface area contributed by atoms with E-state index in [9.17, 15) is 19.0 Å². The van der Waals surface area contributed by atoms with E-state index in [1.165, 1.54) is 205 Å². The van der Waals surface area contributed by atoms with Gasteiger partial charge in [0.05, 0.1) is 13.2 Å². The number of phosphoric ester groups is 1. The molecule has 0 spiro atoms. The highest BCUT2D eigenvalue weighted by molar-refractivity contribution is 7.47. The fourth-order valence-electron chi connectivity index (χ4n) is 9.35. The molecule has 0 amide bonds. The molecule has 0 aromatic heterocycles. The normalized spacial score (nSPS) is 13.5. The van der Waals surface area contributed by atoms with Gasteiger partial charge in [0, 0.05) is 19.4 Å². The zero-order valence-corrected chi connectivity index (χ0v) is 51.1. The van der Waals surface area contributed by atoms with Crippen LogP contribution in [0.1, 0.15) is 309 Å². The maximum atomic E-state index is 12.7. The molecular weight excluding hydrogens is 978 g/mol. The van der Waals surface area contributed by atoms with Crippen LogP contribution < -0.4 is 5.73 Å². The Hall–Kier alpha value is -2.55. The van der Waals surface area contributed by atoms with Gasteiger partial charge in [-0.15, -0.1) is 0 Å². The Labute approximate surface area is 475 Å². The molecule has 3 N–H and O–H groups in total. The number of carbonyl (C=O) groups is 2. The molecule has 0 radical (unpaired) electrons. The van der Waals surface area contributed by atoms with Crippen LogP contribution in [-0.4, -0.2) is 49.3 Å². The Balaban J connectivity index is 3.77. The van der Waals surface area contributed by atoms with E-state index in [0.717, 1.165) is 70.6 Å². The third kappa shape index (κ3) is 62.5. The SMILES string of the molecule is CC/C=C\C/C=C\C/C=C\C/C=C\C/C=C\C/C=C\CCCCCCCCCCCCCCCCCCCCCCCCC(=O)OC(COC(=O)CCCCCCCCCCCCCCCCC)COP(=O)(O)OCCN. The van der Waals surface area contributed by atoms with E-state index in [1.807, 2.05) is 0 Å². The van der Waals surface area contributed by atoms with Gasteiger partial charge in [-0.1, -0.05) is 305 Å². The molecule has 9 nitrogen and oxygen atoms in total. The second kappa shape index (κ2) is 62.6. The Morgan fingerprint density at radius 3 is 1.06 bits per heavy atom. The molecule has 2 unspecified atom stereocenters. The van der Waals surface area contributed by atoms with E-state index >= 15 is 0 Å². The van der Waals surface area contributed by atoms with Crippen molar-refractivity contribution in [2.45, 2.75) is 315 Å². The average molecular weight is 1100 g/mol. The Kier molecular flexibility index (Phi) is 60.6. The lowest BCUT2D eigenvalue weighted by Gasteiger charge is -2.19. The zero-order chi connectivity index (χ0) is 55.9. The highest BCUT2D eigenvalue weighted by atomic mass is 31.2. The monoisotopic (exact) mass is 1100 g/mol. The second-order valence-corrected chi connectivity index (χ2v) is 23.1. The molecular formula is C67H122NO8P. The molecule has 0 bridgehead atoms. The molecule has 0 fully saturated rings. The minimum atomic E-state index is -4.38. The van der Waals surface area contributed by atoms with Crippen LogP contribution in [-0.2, 0) is 32.7 Å². The fourth-order valence-corrected chi connectivity index (χ4v) is 10.1. The summed E-state index contributed by atoms with van der Waals surface area (Å²) in [6.07, 6.45) is 81.4. The summed E-state index contributed by atoms with van der Waals surface area (Å²) in [4.78, 5) is 35.2. The molecule has 10 heteroatoms. The van der Waals surface area contributed by atoms with E-state index < -0.39 is 26.5 Å². The number of allylic oxidation sites excluding steroid dienone is 12. The molecule has 0 aromatic carbocycles. The summed E-state index contributed by atoms with van der Waals surface area (Å²) in [5.41, 5.74) is 5.39. The summed E-state index contributed by atoms with van der Waals surface area (Å²) >= 11 is 0. The van der Waals surface area contributed by atoms with Crippen LogP contribution in [0.3, 0.4) is 0 Å². The summed E-state index contributed by atoms with van der Waals surface area (Å²) in [5.74, 6) is -0.812. The third-order valence-corrected chi connectivity index (χ3v) is 15.1. The van der Waals surface area contributed by atoms with Crippen LogP contribution in [0.25, 0.3) is 0 Å². The van der Waals surface area contributed by atoms with Crippen molar-refractivity contribution in [2.75, 3.05) is 26.4 Å². The van der Waals surface area contributed by atoms with Gasteiger partial charge in [0.1, 0.15) is 6.61 Å². The molecule has 0 aromatic rings. The topological polar surface area (TPSA) is 134 Å². The van der Waals surface area contributed by atoms with Gasteiger partial charge in [-0.25, -0.2) is 4.57 Å². The summed E-state index contributed by atoms with van der Waals surface area (Å²) < 4.78 is 33.1. The van der Waals surface area contributed by atoms with E-state index in [0.29, 0.717) is 6.42 Å². The fraction of sp³-hybridized carbons (Fsp3) is 0.791. The Morgan fingerprint density at radius 2 is 0.714 bits per heavy atom. The molecule has 0 rings (SSSR count). The first kappa shape index (κ1) is 74.5. The first-order valence-corrected chi connectivity index (χ1v) is 33.9. The molecule has 2 atom stereocenters. The third-order valence-electron chi connectivity index (χ3n) is 14.1. The van der Waals surface area contributed by atoms with Gasteiger partial charge in [0.25, 0.3) is 0 Å². The van der Waals surface area contributed by atoms with Gasteiger partial charge in [-0.3, -0.25) is 18.6 Å². The van der Waals surface area contributed by atoms with E-state index in [4.69, 9.17) is 24.3 Å². The number of hydrogen-bond donors (Lipinski definition) is 2. The van der Waals surface area contributed by atoms with Gasteiger partial charge in [0.15, 0.2) is 6.10 Å². The predicted molar refractivity (Wildman–Crippen MR) is 330 cm³/mol. The van der Waals surface area contributed by atoms with Crippen LogP contribution in [0.5, 0.6) is 0 Å². The molecule has 0 aliphatic heterocycles. The molecule has 0 saturated heterocycles. The highest BCUT2D eigenvalue weighted by Gasteiger charge is 2.26. The lowest BCUT2D eigenvalue weighted by molar-refractivity contribution is -0.161. The number of phosphoric acid groups is 1. The smallest absolute Gasteiger partial charge is 0.462 e. The number of nitrogens with two attached hydrogens (primary N) is 1. The minimum Gasteiger partial charge on any atom is -0.462 e. The zero-order valence-electron chi connectivity index (χ0n) is 50.2. The van der Waals surface area contributed by atoms with Crippen molar-refractivity contribution in [1.82, 2.24) is 0 Å². The van der Waals surface area contributed by atoms with Crippen molar-refractivity contribution in [1.29, 1.82) is 0 Å². The molecule has 0 saturated carbocycles. The van der Waals surface area contributed by atoms with Crippen LogP contribution in [0.2, 0.25) is 0 Å². The van der Waals surface area contributed by atoms with Crippen LogP contribution in [0.15, 0.2) is 72.9 Å². The van der Waals surface area contributed by atoms with Crippen LogP contribution in [0.4, 0.5) is 0 Å². The first-order chi connectivity index (χ1) is 37.8. The number of unbranched alkanes of at least 4 members (excludes halogenated alkanes) is 36. The maximum Gasteiger partial charge on any atom is 0.472 e. The molecule has 0 aliphatic carbocycles. The van der Waals surface area contributed by atoms with Gasteiger partial charge in [-0.05, 0) is 64.2 Å². The Bertz CT molecular complexity index is 1490. The van der Waals surface area contributed by atoms with Gasteiger partial charge in [0.2, 0.25) is 0 Å². The van der Waals surface area contributed by atoms with Crippen LogP contribution >= 0.6 is 7.82 Å². The number of rotatable bonds is 61. The number of carbonyl (C=O) groups excluding carboxylic acids is 2. The Morgan fingerprint density at radius 1 is 0.403 bits per heavy atom. The van der Waals surface area contributed by atoms with Gasteiger partial charge in [-0.2, -0.15) is 0 Å². The lowest BCUT2D eigenvalue weighted by atomic mass is 10.0. The number of hydrogen-bond acceptors (Lipinski definition) is 8. The second-order valence-electron chi connectivity index (χ2n) is 21.6. The summed E-state index contributed by atoms with van der Waals surface area (Å²) in [7, 11) is -4.38. The van der Waals surface area contributed by atoms with Crippen molar-refractivity contribution in [3.63, 3.8) is 0 Å². The van der Waals surface area contributed by atoms with Gasteiger partial charge >= 0.3 is 19.8 Å². The summed E-state index contributed by atoms with van der Waals surface area (Å²) in [6, 6.07) is 0. The van der Waals surface area contributed by atoms with Crippen molar-refractivity contribution < 1.29 is 37.6 Å². The lowest BCUT2D eigenvalue weighted by Crippen LogP contribution is -2.29. The van der Waals surface area contributed by atoms with E-state index in [1.54, 1.807) is 0 Å². The van der Waals surface area contributed by atoms with Crippen molar-refractivity contribution in [3.8, 4) is 0 Å². The first-order valence-electron chi connectivity index (χ1n) is 32.4. The van der Waals surface area contributed by atoms with Crippen molar-refractivity contribution >= 4 is 19.8 Å². The summed E-state index contributed by atoms with van der Waals surface area (Å²) in [5, 5.41) is 0. The number of esters is 2.